The van der Waals surface area contributed by atoms with E-state index in [-0.39, 0.29) is 0 Å². The Morgan fingerprint density at radius 3 is 1.70 bits per heavy atom. The summed E-state index contributed by atoms with van der Waals surface area (Å²) in [6, 6.07) is 48.4. The summed E-state index contributed by atoms with van der Waals surface area (Å²) in [6.07, 6.45) is 0. The molecule has 3 aromatic heterocycles. The predicted octanol–water partition coefficient (Wildman–Crippen LogP) is 9.83. The van der Waals surface area contributed by atoms with Gasteiger partial charge in [0.2, 0.25) is 0 Å². The van der Waals surface area contributed by atoms with Gasteiger partial charge in [0.15, 0.2) is 0 Å². The van der Waals surface area contributed by atoms with Crippen LogP contribution in [0.15, 0.2) is 138 Å². The fourth-order valence-corrected chi connectivity index (χ4v) is 8.07. The summed E-state index contributed by atoms with van der Waals surface area (Å²) in [6.45, 7) is 0. The van der Waals surface area contributed by atoms with Crippen LogP contribution in [0, 0.1) is 0 Å². The molecule has 1 aliphatic rings. The van der Waals surface area contributed by atoms with Crippen LogP contribution in [0.3, 0.4) is 0 Å². The Morgan fingerprint density at radius 2 is 1.00 bits per heavy atom. The fraction of sp³-hybridized carbons (Fsp3) is 0.0263. The number of nitrogens with zero attached hydrogens (tertiary/aromatic N) is 4. The fourth-order valence-electron chi connectivity index (χ4n) is 7.11. The van der Waals surface area contributed by atoms with Crippen LogP contribution in [-0.2, 0) is 5.75 Å². The molecule has 0 saturated carbocycles. The lowest BCUT2D eigenvalue weighted by Gasteiger charge is -2.18. The Hall–Kier alpha value is -5.26. The van der Waals surface area contributed by atoms with Gasteiger partial charge in [-0.2, -0.15) is 0 Å². The largest absolute Gasteiger partial charge is 0.309 e. The molecule has 4 heterocycles. The van der Waals surface area contributed by atoms with E-state index in [1.807, 2.05) is 11.8 Å². The molecule has 1 aliphatic heterocycles. The molecule has 10 rings (SSSR count). The topological polar surface area (TPSA) is 27.7 Å². The van der Waals surface area contributed by atoms with Crippen LogP contribution >= 0.6 is 11.8 Å². The van der Waals surface area contributed by atoms with Crippen LogP contribution in [0.5, 0.6) is 0 Å². The SMILES string of the molecule is c1ccc2c(c1)SCc1nc3cc(-n4c5ccccc5c5cc(-n6c7ccccc7c7ccccc76)ccc54)ccc3n1-2. The maximum absolute atomic E-state index is 5.11. The minimum Gasteiger partial charge on any atom is -0.309 e. The summed E-state index contributed by atoms with van der Waals surface area (Å²) >= 11 is 1.86. The highest BCUT2D eigenvalue weighted by Crippen LogP contribution is 2.40. The van der Waals surface area contributed by atoms with E-state index < -0.39 is 0 Å². The zero-order chi connectivity index (χ0) is 28.1. The number of hydrogen-bond acceptors (Lipinski definition) is 2. The molecule has 0 spiro atoms. The summed E-state index contributed by atoms with van der Waals surface area (Å²) in [5.41, 5.74) is 10.5. The number of thioether (sulfide) groups is 1. The maximum Gasteiger partial charge on any atom is 0.124 e. The highest BCUT2D eigenvalue weighted by molar-refractivity contribution is 7.98. The monoisotopic (exact) mass is 568 g/mol. The first-order valence-electron chi connectivity index (χ1n) is 14.6. The molecule has 5 heteroatoms. The van der Waals surface area contributed by atoms with Gasteiger partial charge >= 0.3 is 0 Å². The molecule has 0 bridgehead atoms. The molecule has 202 valence electrons. The van der Waals surface area contributed by atoms with E-state index in [9.17, 15) is 0 Å². The summed E-state index contributed by atoms with van der Waals surface area (Å²) < 4.78 is 7.11. The number of rotatable bonds is 2. The second kappa shape index (κ2) is 8.63. The first-order valence-corrected chi connectivity index (χ1v) is 15.6. The molecular weight excluding hydrogens is 545 g/mol. The van der Waals surface area contributed by atoms with E-state index in [4.69, 9.17) is 4.98 Å². The van der Waals surface area contributed by atoms with Crippen LogP contribution in [0.1, 0.15) is 5.82 Å². The van der Waals surface area contributed by atoms with E-state index in [0.717, 1.165) is 28.3 Å². The van der Waals surface area contributed by atoms with Crippen LogP contribution in [0.25, 0.3) is 71.7 Å². The Morgan fingerprint density at radius 1 is 0.465 bits per heavy atom. The molecule has 0 unspecified atom stereocenters. The number of benzene rings is 6. The minimum absolute atomic E-state index is 0.877. The van der Waals surface area contributed by atoms with Crippen molar-refractivity contribution < 1.29 is 0 Å². The van der Waals surface area contributed by atoms with Gasteiger partial charge in [0.25, 0.3) is 0 Å². The third-order valence-corrected chi connectivity index (χ3v) is 9.98. The van der Waals surface area contributed by atoms with E-state index >= 15 is 0 Å². The number of para-hydroxylation sites is 4. The van der Waals surface area contributed by atoms with Crippen molar-refractivity contribution in [2.45, 2.75) is 10.6 Å². The van der Waals surface area contributed by atoms with Gasteiger partial charge in [0.1, 0.15) is 5.82 Å². The van der Waals surface area contributed by atoms with Crippen LogP contribution in [0.4, 0.5) is 0 Å². The zero-order valence-electron chi connectivity index (χ0n) is 23.1. The summed E-state index contributed by atoms with van der Waals surface area (Å²) in [5.74, 6) is 1.98. The summed E-state index contributed by atoms with van der Waals surface area (Å²) in [7, 11) is 0. The highest BCUT2D eigenvalue weighted by atomic mass is 32.2. The maximum atomic E-state index is 5.11. The van der Waals surface area contributed by atoms with E-state index in [0.29, 0.717) is 0 Å². The van der Waals surface area contributed by atoms with Crippen LogP contribution in [0.2, 0.25) is 0 Å². The molecule has 4 nitrogen and oxygen atoms in total. The van der Waals surface area contributed by atoms with Crippen molar-refractivity contribution in [2.24, 2.45) is 0 Å². The lowest BCUT2D eigenvalue weighted by Crippen LogP contribution is -2.06. The standard InChI is InChI=1S/C38H24N4S/c1-4-12-31-26(9-1)27-10-2-5-13-32(27)40(31)24-17-19-34-29(21-24)28-11-3-6-14-33(28)41(34)25-18-20-35-30(22-25)39-38-23-43-37-16-8-7-15-36(37)42(35)38/h1-22H,23H2. The van der Waals surface area contributed by atoms with Gasteiger partial charge < -0.3 is 9.13 Å². The number of imidazole rings is 1. The van der Waals surface area contributed by atoms with Crippen LogP contribution in [-0.4, -0.2) is 18.7 Å². The van der Waals surface area contributed by atoms with E-state index in [2.05, 4.69) is 147 Å². The lowest BCUT2D eigenvalue weighted by atomic mass is 10.1. The van der Waals surface area contributed by atoms with Gasteiger partial charge in [-0.25, -0.2) is 4.98 Å². The number of aromatic nitrogens is 4. The number of hydrogen-bond donors (Lipinski definition) is 0. The zero-order valence-corrected chi connectivity index (χ0v) is 23.9. The van der Waals surface area contributed by atoms with Gasteiger partial charge in [-0.1, -0.05) is 66.7 Å². The third-order valence-electron chi connectivity index (χ3n) is 8.92. The Labute approximate surface area is 251 Å². The molecule has 0 amide bonds. The van der Waals surface area contributed by atoms with Crippen molar-refractivity contribution in [1.82, 2.24) is 18.7 Å². The molecule has 0 aliphatic carbocycles. The second-order valence-electron chi connectivity index (χ2n) is 11.2. The van der Waals surface area contributed by atoms with Crippen molar-refractivity contribution in [2.75, 3.05) is 0 Å². The Bertz CT molecular complexity index is 2530. The molecule has 0 N–H and O–H groups in total. The molecule has 0 saturated heterocycles. The third kappa shape index (κ3) is 3.20. The smallest absolute Gasteiger partial charge is 0.124 e. The van der Waals surface area contributed by atoms with Crippen molar-refractivity contribution >= 4 is 66.4 Å². The molecule has 6 aromatic carbocycles. The van der Waals surface area contributed by atoms with Crippen LogP contribution < -0.4 is 0 Å². The summed E-state index contributed by atoms with van der Waals surface area (Å²) in [5, 5.41) is 5.04. The van der Waals surface area contributed by atoms with E-state index in [1.165, 1.54) is 59.9 Å². The first kappa shape index (κ1) is 23.3. The van der Waals surface area contributed by atoms with Crippen molar-refractivity contribution in [1.29, 1.82) is 0 Å². The minimum atomic E-state index is 0.877. The molecule has 0 radical (unpaired) electrons. The molecule has 0 atom stereocenters. The van der Waals surface area contributed by atoms with Crippen molar-refractivity contribution in [3.8, 4) is 17.1 Å². The molecule has 9 aromatic rings. The summed E-state index contributed by atoms with van der Waals surface area (Å²) in [4.78, 5) is 6.42. The van der Waals surface area contributed by atoms with Crippen molar-refractivity contribution in [3.63, 3.8) is 0 Å². The Balaban J connectivity index is 1.21. The normalized spacial score (nSPS) is 12.9. The second-order valence-corrected chi connectivity index (χ2v) is 12.2. The Kier molecular flexibility index (Phi) is 4.68. The highest BCUT2D eigenvalue weighted by Gasteiger charge is 2.21. The average molecular weight is 569 g/mol. The van der Waals surface area contributed by atoms with Gasteiger partial charge in [0, 0.05) is 37.8 Å². The van der Waals surface area contributed by atoms with E-state index in [1.54, 1.807) is 0 Å². The quantitative estimate of drug-likeness (QED) is 0.208. The average Bonchev–Trinajstić information content (AvgIpc) is 3.72. The van der Waals surface area contributed by atoms with Gasteiger partial charge in [-0.05, 0) is 66.7 Å². The number of fused-ring (bicyclic) bond motifs is 11. The van der Waals surface area contributed by atoms with Gasteiger partial charge in [0.05, 0.1) is 44.5 Å². The molecular formula is C38H24N4S. The predicted molar refractivity (Wildman–Crippen MR) is 179 cm³/mol. The first-order chi connectivity index (χ1) is 21.3. The molecule has 43 heavy (non-hydrogen) atoms. The lowest BCUT2D eigenvalue weighted by molar-refractivity contribution is 0.945. The van der Waals surface area contributed by atoms with Gasteiger partial charge in [-0.15, -0.1) is 11.8 Å². The molecule has 0 fully saturated rings. The van der Waals surface area contributed by atoms with Gasteiger partial charge in [-0.3, -0.25) is 4.57 Å². The van der Waals surface area contributed by atoms with Crippen molar-refractivity contribution in [3.05, 3.63) is 139 Å².